The van der Waals surface area contributed by atoms with Crippen molar-refractivity contribution in [3.8, 4) is 0 Å². The Balaban J connectivity index is 1.48. The summed E-state index contributed by atoms with van der Waals surface area (Å²) in [6.07, 6.45) is 10.3. The van der Waals surface area contributed by atoms with E-state index < -0.39 is 5.91 Å². The number of amides is 3. The van der Waals surface area contributed by atoms with Gasteiger partial charge in [-0.2, -0.15) is 4.37 Å². The van der Waals surface area contributed by atoms with E-state index in [1.807, 2.05) is 0 Å². The molecule has 0 radical (unpaired) electrons. The number of carbonyl (C=O) groups excluding carboxylic acids is 3. The minimum atomic E-state index is -0.482. The fourth-order valence-electron chi connectivity index (χ4n) is 4.96. The fraction of sp³-hybridized carbons (Fsp3) is 0.538. The SMILES string of the molecule is Nc1c(C(=O)NC2CCCCC2)nsc1C(=O)N(CC(=O)NC1CCCCC1)Cc1ccc(F)cc1. The van der Waals surface area contributed by atoms with Crippen LogP contribution in [-0.2, 0) is 11.3 Å². The molecule has 2 saturated carbocycles. The number of rotatable bonds is 8. The van der Waals surface area contributed by atoms with Crippen LogP contribution in [0.15, 0.2) is 24.3 Å². The first-order valence-electron chi connectivity index (χ1n) is 12.8. The molecule has 1 heterocycles. The second-order valence-electron chi connectivity index (χ2n) is 9.77. The maximum Gasteiger partial charge on any atom is 0.273 e. The van der Waals surface area contributed by atoms with Gasteiger partial charge in [-0.25, -0.2) is 4.39 Å². The van der Waals surface area contributed by atoms with E-state index >= 15 is 0 Å². The van der Waals surface area contributed by atoms with Gasteiger partial charge in [0.2, 0.25) is 5.91 Å². The maximum absolute atomic E-state index is 13.5. The third-order valence-corrected chi connectivity index (χ3v) is 7.81. The lowest BCUT2D eigenvalue weighted by Crippen LogP contribution is -2.44. The topological polar surface area (TPSA) is 117 Å². The van der Waals surface area contributed by atoms with Gasteiger partial charge in [-0.1, -0.05) is 50.7 Å². The van der Waals surface area contributed by atoms with Crippen LogP contribution in [0.3, 0.4) is 0 Å². The molecule has 0 unspecified atom stereocenters. The Morgan fingerprint density at radius 3 is 2.14 bits per heavy atom. The molecule has 2 fully saturated rings. The second kappa shape index (κ2) is 12.3. The van der Waals surface area contributed by atoms with E-state index in [1.54, 1.807) is 12.1 Å². The first kappa shape index (κ1) is 26.1. The van der Waals surface area contributed by atoms with Crippen molar-refractivity contribution < 1.29 is 18.8 Å². The third kappa shape index (κ3) is 6.81. The number of anilines is 1. The van der Waals surface area contributed by atoms with Crippen molar-refractivity contribution in [3.63, 3.8) is 0 Å². The van der Waals surface area contributed by atoms with Crippen molar-refractivity contribution in [1.82, 2.24) is 19.9 Å². The van der Waals surface area contributed by atoms with Gasteiger partial charge in [0.05, 0.1) is 5.69 Å². The van der Waals surface area contributed by atoms with Crippen molar-refractivity contribution in [1.29, 1.82) is 0 Å². The highest BCUT2D eigenvalue weighted by Crippen LogP contribution is 2.26. The normalized spacial score (nSPS) is 16.9. The lowest BCUT2D eigenvalue weighted by Gasteiger charge is -2.26. The molecule has 2 aromatic rings. The van der Waals surface area contributed by atoms with Crippen LogP contribution in [0.1, 0.15) is 89.9 Å². The lowest BCUT2D eigenvalue weighted by atomic mass is 9.95. The minimum absolute atomic E-state index is 0.0232. The van der Waals surface area contributed by atoms with Crippen LogP contribution in [-0.4, -0.2) is 45.6 Å². The molecular weight excluding hydrogens is 481 g/mol. The summed E-state index contributed by atoms with van der Waals surface area (Å²) in [5, 5.41) is 6.01. The van der Waals surface area contributed by atoms with E-state index in [4.69, 9.17) is 5.73 Å². The number of carbonyl (C=O) groups is 3. The van der Waals surface area contributed by atoms with Gasteiger partial charge < -0.3 is 21.3 Å². The standard InChI is InChI=1S/C26H34FN5O3S/c27-18-13-11-17(12-14-18)15-32(16-21(33)29-19-7-3-1-4-8-19)26(35)24-22(28)23(31-36-24)25(34)30-20-9-5-2-6-10-20/h11-14,19-20H,1-10,15-16,28H2,(H,29,33)(H,30,34). The molecule has 0 saturated heterocycles. The summed E-state index contributed by atoms with van der Waals surface area (Å²) in [7, 11) is 0. The predicted octanol–water partition coefficient (Wildman–Crippen LogP) is 4.02. The summed E-state index contributed by atoms with van der Waals surface area (Å²) < 4.78 is 17.6. The van der Waals surface area contributed by atoms with Crippen LogP contribution >= 0.6 is 11.5 Å². The second-order valence-corrected chi connectivity index (χ2v) is 10.5. The number of hydrogen-bond donors (Lipinski definition) is 3. The number of nitrogen functional groups attached to an aromatic ring is 1. The quantitative estimate of drug-likeness (QED) is 0.491. The van der Waals surface area contributed by atoms with Crippen LogP contribution in [0.25, 0.3) is 0 Å². The predicted molar refractivity (Wildman–Crippen MR) is 137 cm³/mol. The Morgan fingerprint density at radius 1 is 0.944 bits per heavy atom. The molecule has 0 aliphatic heterocycles. The molecule has 0 atom stereocenters. The third-order valence-electron chi connectivity index (χ3n) is 6.96. The Bertz CT molecular complexity index is 1060. The van der Waals surface area contributed by atoms with Gasteiger partial charge in [0.15, 0.2) is 5.69 Å². The molecule has 1 aromatic heterocycles. The summed E-state index contributed by atoms with van der Waals surface area (Å²) in [6, 6.07) is 5.98. The Hall–Kier alpha value is -3.01. The fourth-order valence-corrected chi connectivity index (χ4v) is 5.73. The number of halogens is 1. The van der Waals surface area contributed by atoms with E-state index in [1.165, 1.54) is 29.9 Å². The van der Waals surface area contributed by atoms with Gasteiger partial charge in [-0.15, -0.1) is 0 Å². The Kier molecular flexibility index (Phi) is 8.90. The maximum atomic E-state index is 13.5. The van der Waals surface area contributed by atoms with E-state index in [9.17, 15) is 18.8 Å². The van der Waals surface area contributed by atoms with Gasteiger partial charge in [0, 0.05) is 18.6 Å². The Labute approximate surface area is 215 Å². The van der Waals surface area contributed by atoms with Gasteiger partial charge in [-0.05, 0) is 54.9 Å². The summed E-state index contributed by atoms with van der Waals surface area (Å²) >= 11 is 0.860. The molecule has 0 bridgehead atoms. The zero-order chi connectivity index (χ0) is 25.5. The monoisotopic (exact) mass is 515 g/mol. The number of aromatic nitrogens is 1. The van der Waals surface area contributed by atoms with E-state index in [-0.39, 0.29) is 59.1 Å². The summed E-state index contributed by atoms with van der Waals surface area (Å²) in [5.74, 6) is -1.50. The Morgan fingerprint density at radius 2 is 1.53 bits per heavy atom. The van der Waals surface area contributed by atoms with Crippen LogP contribution in [0, 0.1) is 5.82 Å². The van der Waals surface area contributed by atoms with Crippen LogP contribution in [0.2, 0.25) is 0 Å². The van der Waals surface area contributed by atoms with Crippen LogP contribution < -0.4 is 16.4 Å². The van der Waals surface area contributed by atoms with Gasteiger partial charge in [0.25, 0.3) is 11.8 Å². The molecule has 194 valence electrons. The van der Waals surface area contributed by atoms with Crippen molar-refractivity contribution in [2.24, 2.45) is 0 Å². The van der Waals surface area contributed by atoms with Gasteiger partial charge in [0.1, 0.15) is 17.2 Å². The summed E-state index contributed by atoms with van der Waals surface area (Å²) in [6.45, 7) is -0.0776. The van der Waals surface area contributed by atoms with Crippen molar-refractivity contribution in [2.45, 2.75) is 82.8 Å². The van der Waals surface area contributed by atoms with Crippen molar-refractivity contribution in [2.75, 3.05) is 12.3 Å². The molecule has 0 spiro atoms. The highest BCUT2D eigenvalue weighted by molar-refractivity contribution is 7.09. The molecule has 4 N–H and O–H groups in total. The summed E-state index contributed by atoms with van der Waals surface area (Å²) in [4.78, 5) is 40.7. The van der Waals surface area contributed by atoms with E-state index in [2.05, 4.69) is 15.0 Å². The molecule has 10 heteroatoms. The van der Waals surface area contributed by atoms with Crippen molar-refractivity contribution >= 4 is 34.9 Å². The largest absolute Gasteiger partial charge is 0.395 e. The number of nitrogens with one attached hydrogen (secondary N) is 2. The molecule has 4 rings (SSSR count). The zero-order valence-electron chi connectivity index (χ0n) is 20.4. The van der Waals surface area contributed by atoms with Crippen LogP contribution in [0.5, 0.6) is 0 Å². The number of nitrogens with zero attached hydrogens (tertiary/aromatic N) is 2. The molecule has 2 aliphatic rings. The minimum Gasteiger partial charge on any atom is -0.395 e. The lowest BCUT2D eigenvalue weighted by molar-refractivity contribution is -0.122. The molecule has 8 nitrogen and oxygen atoms in total. The molecule has 2 aliphatic carbocycles. The van der Waals surface area contributed by atoms with Crippen LogP contribution in [0.4, 0.5) is 10.1 Å². The van der Waals surface area contributed by atoms with E-state index in [0.29, 0.717) is 5.56 Å². The first-order chi connectivity index (χ1) is 17.4. The molecule has 3 amide bonds. The first-order valence-corrected chi connectivity index (χ1v) is 13.6. The zero-order valence-corrected chi connectivity index (χ0v) is 21.2. The molecular formula is C26H34FN5O3S. The smallest absolute Gasteiger partial charge is 0.273 e. The van der Waals surface area contributed by atoms with Gasteiger partial charge >= 0.3 is 0 Å². The van der Waals surface area contributed by atoms with Crippen molar-refractivity contribution in [3.05, 3.63) is 46.2 Å². The number of benzene rings is 1. The highest BCUT2D eigenvalue weighted by atomic mass is 32.1. The highest BCUT2D eigenvalue weighted by Gasteiger charge is 2.29. The number of nitrogens with two attached hydrogens (primary N) is 1. The molecule has 36 heavy (non-hydrogen) atoms. The average molecular weight is 516 g/mol. The number of hydrogen-bond acceptors (Lipinski definition) is 6. The average Bonchev–Trinajstić information content (AvgIpc) is 3.27. The molecule has 1 aromatic carbocycles. The van der Waals surface area contributed by atoms with E-state index in [0.717, 1.165) is 62.9 Å². The van der Waals surface area contributed by atoms with Gasteiger partial charge in [-0.3, -0.25) is 14.4 Å². The summed E-state index contributed by atoms with van der Waals surface area (Å²) in [5.41, 5.74) is 6.97.